The number of hydrogen-bond donors (Lipinski definition) is 2. The van der Waals surface area contributed by atoms with E-state index in [2.05, 4.69) is 0 Å². The molecule has 0 heterocycles. The summed E-state index contributed by atoms with van der Waals surface area (Å²) in [6.07, 6.45) is 0. The van der Waals surface area contributed by atoms with Crippen molar-refractivity contribution < 1.29 is 93.9 Å². The maximum atomic E-state index is 0. The molecule has 0 rings (SSSR count). The largest absolute Gasteiger partial charge is 1.00 e. The Labute approximate surface area is 105 Å². The Morgan fingerprint density at radius 1 is 0.333 bits per heavy atom. The fourth-order valence-electron chi connectivity index (χ4n) is 0. The third kappa shape index (κ3) is 135. The van der Waals surface area contributed by atoms with E-state index in [9.17, 15) is 0 Å². The standard InChI is InChI=1S/6ClH.2H3N.Rh/h6*1H;2*1H3;/p-4. The van der Waals surface area contributed by atoms with Crippen LogP contribution in [0.4, 0.5) is 0 Å². The minimum atomic E-state index is 0. The van der Waals surface area contributed by atoms with Crippen molar-refractivity contribution in [1.82, 2.24) is 12.3 Å². The van der Waals surface area contributed by atoms with E-state index in [1.165, 1.54) is 0 Å². The van der Waals surface area contributed by atoms with Crippen LogP contribution in [0.5, 0.6) is 0 Å². The van der Waals surface area contributed by atoms with Crippen LogP contribution in [0.25, 0.3) is 0 Å². The monoisotopic (exact) mass is 349 g/mol. The van der Waals surface area contributed by atoms with Crippen LogP contribution in [0.2, 0.25) is 0 Å². The summed E-state index contributed by atoms with van der Waals surface area (Å²) in [6.45, 7) is 0. The van der Waals surface area contributed by atoms with E-state index in [0.717, 1.165) is 0 Å². The Balaban J connectivity index is 0. The first kappa shape index (κ1) is 229. The van der Waals surface area contributed by atoms with E-state index in [1.54, 1.807) is 0 Å². The third-order valence-electron chi connectivity index (χ3n) is 0. The molecule has 0 atom stereocenters. The Morgan fingerprint density at radius 2 is 0.333 bits per heavy atom. The van der Waals surface area contributed by atoms with Gasteiger partial charge in [0.2, 0.25) is 0 Å². The molecule has 73 valence electrons. The van der Waals surface area contributed by atoms with E-state index in [-0.39, 0.29) is 106 Å². The summed E-state index contributed by atoms with van der Waals surface area (Å²) in [5, 5.41) is 0. The molecule has 9 heavy (non-hydrogen) atoms. The van der Waals surface area contributed by atoms with Gasteiger partial charge >= 0.3 is 0 Å². The van der Waals surface area contributed by atoms with Crippen LogP contribution in [0.3, 0.4) is 0 Å². The Hall–Kier alpha value is 2.28. The molecule has 9 heteroatoms. The van der Waals surface area contributed by atoms with Crippen LogP contribution < -0.4 is 86.7 Å². The molecule has 0 aromatic rings. The van der Waals surface area contributed by atoms with Gasteiger partial charge in [0.15, 0.2) is 0 Å². The summed E-state index contributed by atoms with van der Waals surface area (Å²) < 4.78 is 0. The number of quaternary nitrogens is 2. The van der Waals surface area contributed by atoms with Gasteiger partial charge in [-0.3, -0.25) is 0 Å². The molecule has 0 bridgehead atoms. The fourth-order valence-corrected chi connectivity index (χ4v) is 0. The summed E-state index contributed by atoms with van der Waals surface area (Å²) in [4.78, 5) is 0. The number of halogens is 6. The summed E-state index contributed by atoms with van der Waals surface area (Å²) in [6, 6.07) is 0. The van der Waals surface area contributed by atoms with Crippen LogP contribution in [-0.4, -0.2) is 0 Å². The van der Waals surface area contributed by atoms with Crippen LogP contribution in [0.1, 0.15) is 0 Å². The molecular formula is H8Cl6N2Rh-4. The molecule has 2 nitrogen and oxygen atoms in total. The van der Waals surface area contributed by atoms with Crippen molar-refractivity contribution in [2.45, 2.75) is 0 Å². The predicted molar refractivity (Wildman–Crippen MR) is 12.0 cm³/mol. The van der Waals surface area contributed by atoms with Crippen molar-refractivity contribution in [1.29, 1.82) is 0 Å². The molecule has 0 aliphatic heterocycles. The van der Waals surface area contributed by atoms with E-state index in [0.29, 0.717) is 0 Å². The predicted octanol–water partition coefficient (Wildman–Crippen LogP) is -17.2. The molecule has 0 saturated heterocycles. The van der Waals surface area contributed by atoms with E-state index in [4.69, 9.17) is 0 Å². The quantitative estimate of drug-likeness (QED) is 0.407. The van der Waals surface area contributed by atoms with E-state index < -0.39 is 0 Å². The van der Waals surface area contributed by atoms with Gasteiger partial charge in [-0.2, -0.15) is 0 Å². The number of hydrogen-bond acceptors (Lipinski definition) is 0. The molecule has 0 amide bonds. The maximum Gasteiger partial charge on any atom is 0 e. The van der Waals surface area contributed by atoms with Crippen LogP contribution >= 0.6 is 0 Å². The second-order valence-electron chi connectivity index (χ2n) is 0. The topological polar surface area (TPSA) is 73.0 Å². The van der Waals surface area contributed by atoms with Gasteiger partial charge in [0.05, 0.1) is 0 Å². The molecule has 0 aliphatic carbocycles. The summed E-state index contributed by atoms with van der Waals surface area (Å²) in [5.74, 6) is 0. The zero-order valence-corrected chi connectivity index (χ0v) is 10.8. The summed E-state index contributed by atoms with van der Waals surface area (Å²) in [7, 11) is 0. The second-order valence-corrected chi connectivity index (χ2v) is 0. The van der Waals surface area contributed by atoms with E-state index >= 15 is 0 Å². The Kier molecular flexibility index (Phi) is 4320. The van der Waals surface area contributed by atoms with Gasteiger partial charge in [-0.15, -0.1) is 0 Å². The normalized spacial score (nSPS) is 0. The Morgan fingerprint density at radius 3 is 0.333 bits per heavy atom. The van der Waals surface area contributed by atoms with Gasteiger partial charge in [-0.05, 0) is 0 Å². The van der Waals surface area contributed by atoms with Crippen molar-refractivity contribution in [2.75, 3.05) is 0 Å². The SMILES string of the molecule is [Cl-].[Cl-].[Cl-].[Cl-].[Cl-].[Cl-].[NH4+].[NH4+].[Rh]. The zero-order chi connectivity index (χ0) is 0. The second kappa shape index (κ2) is 170. The molecule has 8 N–H and O–H groups in total. The molecular weight excluding hydrogens is 344 g/mol. The van der Waals surface area contributed by atoms with Crippen molar-refractivity contribution in [2.24, 2.45) is 0 Å². The van der Waals surface area contributed by atoms with Crippen molar-refractivity contribution in [3.05, 3.63) is 0 Å². The Bertz CT molecular complexity index is 11.0. The smallest absolute Gasteiger partial charge is 0 e. The van der Waals surface area contributed by atoms with Crippen molar-refractivity contribution >= 4 is 0 Å². The van der Waals surface area contributed by atoms with Gasteiger partial charge in [0, 0.05) is 19.5 Å². The first-order valence-electron chi connectivity index (χ1n) is 0. The van der Waals surface area contributed by atoms with Gasteiger partial charge in [-0.1, -0.05) is 0 Å². The van der Waals surface area contributed by atoms with Crippen LogP contribution in [0.15, 0.2) is 0 Å². The van der Waals surface area contributed by atoms with Crippen molar-refractivity contribution in [3.63, 3.8) is 0 Å². The van der Waals surface area contributed by atoms with E-state index in [1.807, 2.05) is 0 Å². The van der Waals surface area contributed by atoms with Crippen LogP contribution in [0, 0.1) is 0 Å². The van der Waals surface area contributed by atoms with Crippen LogP contribution in [-0.2, 0) is 19.5 Å². The zero-order valence-electron chi connectivity index (χ0n) is 4.60. The summed E-state index contributed by atoms with van der Waals surface area (Å²) in [5.41, 5.74) is 0. The van der Waals surface area contributed by atoms with Gasteiger partial charge < -0.3 is 86.7 Å². The summed E-state index contributed by atoms with van der Waals surface area (Å²) >= 11 is 0. The fraction of sp³-hybridized carbons (Fsp3) is 0. The first-order valence-corrected chi connectivity index (χ1v) is 0. The molecule has 0 fully saturated rings. The molecule has 0 spiro atoms. The molecule has 0 saturated carbocycles. The average Bonchev–Trinajstić information content (AvgIpc) is 0. The molecule has 0 aromatic carbocycles. The molecule has 1 radical (unpaired) electrons. The average molecular weight is 352 g/mol. The van der Waals surface area contributed by atoms with Gasteiger partial charge in [-0.25, -0.2) is 0 Å². The third-order valence-corrected chi connectivity index (χ3v) is 0. The minimum Gasteiger partial charge on any atom is -1.00 e. The molecule has 0 aliphatic rings. The van der Waals surface area contributed by atoms with Gasteiger partial charge in [0.25, 0.3) is 0 Å². The first-order chi connectivity index (χ1) is 0. The molecule has 0 aromatic heterocycles. The maximum absolute atomic E-state index is 0. The van der Waals surface area contributed by atoms with Crippen molar-refractivity contribution in [3.8, 4) is 0 Å². The van der Waals surface area contributed by atoms with Gasteiger partial charge in [0.1, 0.15) is 0 Å². The molecule has 0 unspecified atom stereocenters. The number of rotatable bonds is 0. The minimum absolute atomic E-state index is 0.